The Labute approximate surface area is 123 Å². The van der Waals surface area contributed by atoms with E-state index in [0.717, 1.165) is 32.5 Å². The average molecular weight is 292 g/mol. The third kappa shape index (κ3) is 3.55. The summed E-state index contributed by atoms with van der Waals surface area (Å²) in [5, 5.41) is 13.6. The van der Waals surface area contributed by atoms with Gasteiger partial charge >= 0.3 is 0 Å². The lowest BCUT2D eigenvalue weighted by Gasteiger charge is -2.27. The standard InChI is InChI=1S/C14H20N4O3/c19-13(11-2-4-17-18-7-11)16-8-12-1-3-14(21-12)9-15-5-6-20-10-14/h2,4,7,12,15H,1,3,5-6,8-10H2,(H,16,19). The first kappa shape index (κ1) is 14.4. The largest absolute Gasteiger partial charge is 0.377 e. The van der Waals surface area contributed by atoms with E-state index in [1.165, 1.54) is 12.4 Å². The lowest BCUT2D eigenvalue weighted by molar-refractivity contribution is -0.0764. The first-order chi connectivity index (χ1) is 10.3. The Morgan fingerprint density at radius 1 is 1.52 bits per heavy atom. The Morgan fingerprint density at radius 2 is 2.48 bits per heavy atom. The molecule has 0 saturated carbocycles. The minimum absolute atomic E-state index is 0.0345. The van der Waals surface area contributed by atoms with Crippen LogP contribution >= 0.6 is 0 Å². The van der Waals surface area contributed by atoms with Gasteiger partial charge in [-0.05, 0) is 18.9 Å². The number of amides is 1. The van der Waals surface area contributed by atoms with Crippen molar-refractivity contribution in [3.05, 3.63) is 24.0 Å². The lowest BCUT2D eigenvalue weighted by Crippen LogP contribution is -2.43. The van der Waals surface area contributed by atoms with Crippen molar-refractivity contribution < 1.29 is 14.3 Å². The molecule has 2 N–H and O–H groups in total. The highest BCUT2D eigenvalue weighted by molar-refractivity contribution is 5.93. The topological polar surface area (TPSA) is 85.4 Å². The Kier molecular flexibility index (Phi) is 4.42. The molecule has 1 aromatic heterocycles. The summed E-state index contributed by atoms with van der Waals surface area (Å²) >= 11 is 0. The van der Waals surface area contributed by atoms with Crippen molar-refractivity contribution in [1.82, 2.24) is 20.8 Å². The fourth-order valence-corrected chi connectivity index (χ4v) is 2.78. The molecule has 2 fully saturated rings. The van der Waals surface area contributed by atoms with Crippen LogP contribution in [0, 0.1) is 0 Å². The van der Waals surface area contributed by atoms with Gasteiger partial charge in [0.15, 0.2) is 0 Å². The van der Waals surface area contributed by atoms with Crippen LogP contribution in [-0.4, -0.2) is 60.7 Å². The number of carbonyl (C=O) groups is 1. The van der Waals surface area contributed by atoms with Crippen molar-refractivity contribution >= 4 is 5.91 Å². The van der Waals surface area contributed by atoms with Gasteiger partial charge in [-0.3, -0.25) is 4.79 Å². The van der Waals surface area contributed by atoms with Crippen LogP contribution in [0.4, 0.5) is 0 Å². The van der Waals surface area contributed by atoms with Crippen molar-refractivity contribution in [2.45, 2.75) is 24.5 Å². The Hall–Kier alpha value is -1.57. The van der Waals surface area contributed by atoms with Gasteiger partial charge in [0.05, 0.1) is 37.3 Å². The van der Waals surface area contributed by atoms with E-state index in [-0.39, 0.29) is 17.6 Å². The molecule has 0 aliphatic carbocycles. The summed E-state index contributed by atoms with van der Waals surface area (Å²) in [7, 11) is 0. The maximum atomic E-state index is 12.0. The number of nitrogens with one attached hydrogen (secondary N) is 2. The van der Waals surface area contributed by atoms with Gasteiger partial charge in [0.1, 0.15) is 5.60 Å². The number of hydrogen-bond acceptors (Lipinski definition) is 6. The van der Waals surface area contributed by atoms with Gasteiger partial charge in [-0.15, -0.1) is 0 Å². The van der Waals surface area contributed by atoms with Crippen LogP contribution in [0.1, 0.15) is 23.2 Å². The van der Waals surface area contributed by atoms with Crippen molar-refractivity contribution in [3.8, 4) is 0 Å². The fraction of sp³-hybridized carbons (Fsp3) is 0.643. The van der Waals surface area contributed by atoms with Gasteiger partial charge in [-0.2, -0.15) is 10.2 Å². The zero-order chi connectivity index (χ0) is 14.5. The van der Waals surface area contributed by atoms with Gasteiger partial charge in [0.2, 0.25) is 0 Å². The van der Waals surface area contributed by atoms with E-state index in [4.69, 9.17) is 9.47 Å². The maximum absolute atomic E-state index is 12.0. The predicted octanol–water partition coefficient (Wildman–Crippen LogP) is -0.256. The van der Waals surface area contributed by atoms with Crippen LogP contribution in [-0.2, 0) is 9.47 Å². The molecular weight excluding hydrogens is 272 g/mol. The van der Waals surface area contributed by atoms with E-state index in [9.17, 15) is 4.79 Å². The first-order valence-corrected chi connectivity index (χ1v) is 7.29. The molecule has 1 amide bonds. The molecule has 21 heavy (non-hydrogen) atoms. The summed E-state index contributed by atoms with van der Waals surface area (Å²) in [6.07, 6.45) is 4.88. The summed E-state index contributed by atoms with van der Waals surface area (Å²) in [4.78, 5) is 12.0. The molecule has 2 unspecified atom stereocenters. The highest BCUT2D eigenvalue weighted by atomic mass is 16.6. The van der Waals surface area contributed by atoms with Crippen LogP contribution in [0.2, 0.25) is 0 Å². The summed E-state index contributed by atoms with van der Waals surface area (Å²) < 4.78 is 11.7. The third-order valence-corrected chi connectivity index (χ3v) is 3.91. The van der Waals surface area contributed by atoms with Gasteiger partial charge in [-0.25, -0.2) is 0 Å². The number of carbonyl (C=O) groups excluding carboxylic acids is 1. The van der Waals surface area contributed by atoms with E-state index >= 15 is 0 Å². The molecular formula is C14H20N4O3. The molecule has 7 nitrogen and oxygen atoms in total. The second kappa shape index (κ2) is 6.46. The summed E-state index contributed by atoms with van der Waals surface area (Å²) in [5.41, 5.74) is 0.279. The number of nitrogens with zero attached hydrogens (tertiary/aromatic N) is 2. The maximum Gasteiger partial charge on any atom is 0.253 e. The highest BCUT2D eigenvalue weighted by Gasteiger charge is 2.41. The van der Waals surface area contributed by atoms with Crippen molar-refractivity contribution in [3.63, 3.8) is 0 Å². The second-order valence-corrected chi connectivity index (χ2v) is 5.53. The summed E-state index contributed by atoms with van der Waals surface area (Å²) in [6, 6.07) is 1.64. The highest BCUT2D eigenvalue weighted by Crippen LogP contribution is 2.30. The minimum Gasteiger partial charge on any atom is -0.377 e. The molecule has 2 aliphatic rings. The second-order valence-electron chi connectivity index (χ2n) is 5.53. The van der Waals surface area contributed by atoms with E-state index in [2.05, 4.69) is 20.8 Å². The molecule has 0 radical (unpaired) electrons. The molecule has 2 atom stereocenters. The van der Waals surface area contributed by atoms with Crippen molar-refractivity contribution in [2.24, 2.45) is 0 Å². The third-order valence-electron chi connectivity index (χ3n) is 3.91. The Bertz CT molecular complexity index is 474. The van der Waals surface area contributed by atoms with E-state index < -0.39 is 0 Å². The van der Waals surface area contributed by atoms with Crippen LogP contribution < -0.4 is 10.6 Å². The molecule has 1 aromatic rings. The molecule has 3 rings (SSSR count). The predicted molar refractivity (Wildman–Crippen MR) is 74.9 cm³/mol. The average Bonchev–Trinajstić information content (AvgIpc) is 2.77. The monoisotopic (exact) mass is 292 g/mol. The van der Waals surface area contributed by atoms with E-state index in [0.29, 0.717) is 18.7 Å². The SMILES string of the molecule is O=C(NCC1CCC2(CNCCOC2)O1)c1ccnnc1. The van der Waals surface area contributed by atoms with Gasteiger partial charge < -0.3 is 20.1 Å². The zero-order valence-corrected chi connectivity index (χ0v) is 11.9. The molecule has 0 aromatic carbocycles. The van der Waals surface area contributed by atoms with E-state index in [1.54, 1.807) is 6.07 Å². The Morgan fingerprint density at radius 3 is 3.33 bits per heavy atom. The van der Waals surface area contributed by atoms with Gasteiger partial charge in [0.25, 0.3) is 5.91 Å². The fourth-order valence-electron chi connectivity index (χ4n) is 2.78. The van der Waals surface area contributed by atoms with Crippen LogP contribution in [0.15, 0.2) is 18.5 Å². The molecule has 2 saturated heterocycles. The molecule has 114 valence electrons. The van der Waals surface area contributed by atoms with Gasteiger partial charge in [-0.1, -0.05) is 0 Å². The normalized spacial score (nSPS) is 29.2. The smallest absolute Gasteiger partial charge is 0.253 e. The number of aromatic nitrogens is 2. The van der Waals surface area contributed by atoms with Crippen LogP contribution in [0.5, 0.6) is 0 Å². The molecule has 7 heteroatoms. The van der Waals surface area contributed by atoms with Gasteiger partial charge in [0, 0.05) is 19.6 Å². The number of ether oxygens (including phenoxy) is 2. The van der Waals surface area contributed by atoms with Crippen molar-refractivity contribution in [2.75, 3.05) is 32.8 Å². The molecule has 2 aliphatic heterocycles. The molecule has 1 spiro atoms. The van der Waals surface area contributed by atoms with E-state index in [1.807, 2.05) is 0 Å². The molecule has 3 heterocycles. The number of hydrogen-bond donors (Lipinski definition) is 2. The quantitative estimate of drug-likeness (QED) is 0.799. The summed E-state index contributed by atoms with van der Waals surface area (Å²) in [6.45, 7) is 3.52. The lowest BCUT2D eigenvalue weighted by atomic mass is 10.0. The van der Waals surface area contributed by atoms with Crippen molar-refractivity contribution in [1.29, 1.82) is 0 Å². The summed E-state index contributed by atoms with van der Waals surface area (Å²) in [5.74, 6) is -0.148. The first-order valence-electron chi connectivity index (χ1n) is 7.29. The Balaban J connectivity index is 1.50. The molecule has 0 bridgehead atoms. The van der Waals surface area contributed by atoms with Crippen LogP contribution in [0.25, 0.3) is 0 Å². The number of rotatable bonds is 3. The zero-order valence-electron chi connectivity index (χ0n) is 11.9. The van der Waals surface area contributed by atoms with Crippen LogP contribution in [0.3, 0.4) is 0 Å². The minimum atomic E-state index is -0.232.